The van der Waals surface area contributed by atoms with Crippen molar-refractivity contribution in [3.05, 3.63) is 59.7 Å². The number of carbonyl (C=O) groups is 3. The third-order valence-electron chi connectivity index (χ3n) is 5.57. The normalized spacial score (nSPS) is 14.1. The van der Waals surface area contributed by atoms with Crippen molar-refractivity contribution in [3.8, 4) is 11.1 Å². The standard InChI is InChI=1S/C24H27NO6/c1-16(26)30-14-8-7-13-24(2,22(27)28)25-23(29)31-15-21-19-11-5-3-9-17(19)18-10-4-6-12-20(18)21/h3-6,9-12,21H,7-8,13-15H2,1-2H3,(H,25,29)(H,27,28). The molecule has 0 saturated heterocycles. The summed E-state index contributed by atoms with van der Waals surface area (Å²) in [4.78, 5) is 35.0. The highest BCUT2D eigenvalue weighted by molar-refractivity contribution is 5.84. The number of carbonyl (C=O) groups excluding carboxylic acids is 2. The van der Waals surface area contributed by atoms with E-state index in [0.717, 1.165) is 22.3 Å². The molecule has 0 fully saturated rings. The van der Waals surface area contributed by atoms with Gasteiger partial charge >= 0.3 is 18.0 Å². The Balaban J connectivity index is 1.59. The Kier molecular flexibility index (Phi) is 6.95. The molecule has 0 aliphatic heterocycles. The fourth-order valence-corrected chi connectivity index (χ4v) is 3.88. The molecule has 1 unspecified atom stereocenters. The Labute approximate surface area is 181 Å². The third kappa shape index (κ3) is 5.23. The number of fused-ring (bicyclic) bond motifs is 3. The summed E-state index contributed by atoms with van der Waals surface area (Å²) in [5, 5.41) is 12.1. The topological polar surface area (TPSA) is 102 Å². The largest absolute Gasteiger partial charge is 0.480 e. The van der Waals surface area contributed by atoms with Crippen LogP contribution in [-0.2, 0) is 19.1 Å². The molecule has 7 nitrogen and oxygen atoms in total. The molecule has 7 heteroatoms. The van der Waals surface area contributed by atoms with Gasteiger partial charge in [0.2, 0.25) is 0 Å². The molecule has 0 saturated carbocycles. The second-order valence-electron chi connectivity index (χ2n) is 7.88. The highest BCUT2D eigenvalue weighted by atomic mass is 16.5. The van der Waals surface area contributed by atoms with Crippen LogP contribution < -0.4 is 5.32 Å². The van der Waals surface area contributed by atoms with Crippen molar-refractivity contribution in [2.24, 2.45) is 0 Å². The summed E-state index contributed by atoms with van der Waals surface area (Å²) >= 11 is 0. The maximum atomic E-state index is 12.5. The second-order valence-corrected chi connectivity index (χ2v) is 7.88. The molecule has 3 rings (SSSR count). The zero-order chi connectivity index (χ0) is 22.4. The first-order valence-corrected chi connectivity index (χ1v) is 10.3. The Hall–Kier alpha value is -3.35. The summed E-state index contributed by atoms with van der Waals surface area (Å²) in [5.74, 6) is -1.62. The van der Waals surface area contributed by atoms with Crippen molar-refractivity contribution in [1.82, 2.24) is 5.32 Å². The van der Waals surface area contributed by atoms with Crippen LogP contribution in [0.5, 0.6) is 0 Å². The molecule has 1 aliphatic carbocycles. The van der Waals surface area contributed by atoms with E-state index >= 15 is 0 Å². The molecule has 0 aromatic heterocycles. The molecule has 2 aromatic carbocycles. The monoisotopic (exact) mass is 425 g/mol. The average molecular weight is 425 g/mol. The summed E-state index contributed by atoms with van der Waals surface area (Å²) < 4.78 is 10.3. The maximum Gasteiger partial charge on any atom is 0.408 e. The highest BCUT2D eigenvalue weighted by Gasteiger charge is 2.36. The molecule has 0 heterocycles. The van der Waals surface area contributed by atoms with Crippen molar-refractivity contribution >= 4 is 18.0 Å². The van der Waals surface area contributed by atoms with Crippen molar-refractivity contribution in [3.63, 3.8) is 0 Å². The van der Waals surface area contributed by atoms with Crippen LogP contribution in [0.15, 0.2) is 48.5 Å². The minimum atomic E-state index is -1.47. The van der Waals surface area contributed by atoms with Gasteiger partial charge in [0.15, 0.2) is 0 Å². The molecular weight excluding hydrogens is 398 g/mol. The molecule has 1 aliphatic rings. The van der Waals surface area contributed by atoms with Crippen LogP contribution in [0.3, 0.4) is 0 Å². The minimum Gasteiger partial charge on any atom is -0.480 e. The lowest BCUT2D eigenvalue weighted by molar-refractivity contribution is -0.145. The molecule has 2 aromatic rings. The van der Waals surface area contributed by atoms with Gasteiger partial charge in [-0.05, 0) is 48.4 Å². The lowest BCUT2D eigenvalue weighted by atomic mass is 9.95. The first kappa shape index (κ1) is 22.3. The van der Waals surface area contributed by atoms with Gasteiger partial charge < -0.3 is 19.9 Å². The van der Waals surface area contributed by atoms with E-state index in [0.29, 0.717) is 12.8 Å². The van der Waals surface area contributed by atoms with Gasteiger partial charge in [-0.3, -0.25) is 4.79 Å². The summed E-state index contributed by atoms with van der Waals surface area (Å²) in [6.07, 6.45) is 0.397. The van der Waals surface area contributed by atoms with Gasteiger partial charge in [-0.15, -0.1) is 0 Å². The highest BCUT2D eigenvalue weighted by Crippen LogP contribution is 2.44. The number of benzene rings is 2. The number of ether oxygens (including phenoxy) is 2. The van der Waals surface area contributed by atoms with E-state index in [4.69, 9.17) is 9.47 Å². The molecule has 0 bridgehead atoms. The first-order chi connectivity index (χ1) is 14.8. The van der Waals surface area contributed by atoms with Gasteiger partial charge in [0.25, 0.3) is 0 Å². The van der Waals surface area contributed by atoms with Crippen LogP contribution >= 0.6 is 0 Å². The van der Waals surface area contributed by atoms with Gasteiger partial charge in [0.1, 0.15) is 12.1 Å². The Morgan fingerprint density at radius 1 is 0.968 bits per heavy atom. The number of alkyl carbamates (subject to hydrolysis) is 1. The van der Waals surface area contributed by atoms with Gasteiger partial charge in [-0.1, -0.05) is 48.5 Å². The number of carboxylic acids is 1. The van der Waals surface area contributed by atoms with Crippen molar-refractivity contribution in [1.29, 1.82) is 0 Å². The maximum absolute atomic E-state index is 12.5. The number of carboxylic acid groups (broad SMARTS) is 1. The van der Waals surface area contributed by atoms with Crippen LogP contribution in [-0.4, -0.2) is 41.9 Å². The molecule has 164 valence electrons. The van der Waals surface area contributed by atoms with E-state index in [1.54, 1.807) is 0 Å². The van der Waals surface area contributed by atoms with Crippen LogP contribution in [0.4, 0.5) is 4.79 Å². The van der Waals surface area contributed by atoms with Gasteiger partial charge in [-0.25, -0.2) is 9.59 Å². The number of hydrogen-bond donors (Lipinski definition) is 2. The second kappa shape index (κ2) is 9.64. The predicted octanol–water partition coefficient (Wildman–Crippen LogP) is 4.10. The predicted molar refractivity (Wildman–Crippen MR) is 115 cm³/mol. The van der Waals surface area contributed by atoms with E-state index in [1.807, 2.05) is 48.5 Å². The summed E-state index contributed by atoms with van der Waals surface area (Å²) in [6, 6.07) is 16.0. The van der Waals surface area contributed by atoms with E-state index < -0.39 is 17.6 Å². The van der Waals surface area contributed by atoms with Crippen molar-refractivity contribution in [2.75, 3.05) is 13.2 Å². The Morgan fingerprint density at radius 3 is 2.10 bits per heavy atom. The average Bonchev–Trinajstić information content (AvgIpc) is 3.05. The van der Waals surface area contributed by atoms with Gasteiger partial charge in [-0.2, -0.15) is 0 Å². The zero-order valence-corrected chi connectivity index (χ0v) is 17.7. The number of esters is 1. The molecule has 0 spiro atoms. The van der Waals surface area contributed by atoms with E-state index in [1.165, 1.54) is 13.8 Å². The number of hydrogen-bond acceptors (Lipinski definition) is 5. The fourth-order valence-electron chi connectivity index (χ4n) is 3.88. The van der Waals surface area contributed by atoms with E-state index in [-0.39, 0.29) is 31.5 Å². The molecular formula is C24H27NO6. The first-order valence-electron chi connectivity index (χ1n) is 10.3. The molecule has 1 amide bonds. The minimum absolute atomic E-state index is 0.0991. The number of aliphatic carboxylic acids is 1. The fraction of sp³-hybridized carbons (Fsp3) is 0.375. The molecule has 0 radical (unpaired) electrons. The lowest BCUT2D eigenvalue weighted by Crippen LogP contribution is -2.52. The van der Waals surface area contributed by atoms with Crippen molar-refractivity contribution < 1.29 is 29.0 Å². The number of amides is 1. The molecule has 1 atom stereocenters. The number of unbranched alkanes of at least 4 members (excludes halogenated alkanes) is 1. The van der Waals surface area contributed by atoms with Crippen LogP contribution in [0, 0.1) is 0 Å². The van der Waals surface area contributed by atoms with Crippen LogP contribution in [0.1, 0.15) is 50.2 Å². The summed E-state index contributed by atoms with van der Waals surface area (Å²) in [6.45, 7) is 3.10. The number of nitrogens with one attached hydrogen (secondary N) is 1. The van der Waals surface area contributed by atoms with Gasteiger partial charge in [0, 0.05) is 12.8 Å². The quantitative estimate of drug-likeness (QED) is 0.463. The zero-order valence-electron chi connectivity index (χ0n) is 17.7. The third-order valence-corrected chi connectivity index (χ3v) is 5.57. The Morgan fingerprint density at radius 2 is 1.55 bits per heavy atom. The molecule has 31 heavy (non-hydrogen) atoms. The Bertz CT molecular complexity index is 927. The van der Waals surface area contributed by atoms with Gasteiger partial charge in [0.05, 0.1) is 6.61 Å². The summed E-state index contributed by atoms with van der Waals surface area (Å²) in [5.41, 5.74) is 2.94. The lowest BCUT2D eigenvalue weighted by Gasteiger charge is -2.26. The SMILES string of the molecule is CC(=O)OCCCCC(C)(NC(=O)OCC1c2ccccc2-c2ccccc21)C(=O)O. The van der Waals surface area contributed by atoms with E-state index in [9.17, 15) is 19.5 Å². The van der Waals surface area contributed by atoms with Crippen LogP contribution in [0.25, 0.3) is 11.1 Å². The van der Waals surface area contributed by atoms with Crippen LogP contribution in [0.2, 0.25) is 0 Å². The number of rotatable bonds is 9. The molecule has 2 N–H and O–H groups in total. The summed E-state index contributed by atoms with van der Waals surface area (Å²) in [7, 11) is 0. The van der Waals surface area contributed by atoms with E-state index in [2.05, 4.69) is 5.32 Å². The smallest absolute Gasteiger partial charge is 0.408 e. The van der Waals surface area contributed by atoms with Crippen molar-refractivity contribution in [2.45, 2.75) is 44.6 Å².